The minimum atomic E-state index is -0.203. The van der Waals surface area contributed by atoms with E-state index in [2.05, 4.69) is 10.3 Å². The zero-order valence-corrected chi connectivity index (χ0v) is 11.7. The maximum atomic E-state index is 9.31. The van der Waals surface area contributed by atoms with Gasteiger partial charge in [0.25, 0.3) is 0 Å². The van der Waals surface area contributed by atoms with E-state index in [9.17, 15) is 5.11 Å². The summed E-state index contributed by atoms with van der Waals surface area (Å²) < 4.78 is 17.3. The number of hydrogen-bond acceptors (Lipinski definition) is 6. The monoisotopic (exact) mass is 279 g/mol. The van der Waals surface area contributed by atoms with E-state index in [1.165, 1.54) is 0 Å². The number of aliphatic hydroxyl groups is 1. The van der Waals surface area contributed by atoms with Crippen LogP contribution in [0.4, 0.5) is 0 Å². The van der Waals surface area contributed by atoms with Gasteiger partial charge < -0.3 is 19.3 Å². The molecule has 20 heavy (non-hydrogen) atoms. The van der Waals surface area contributed by atoms with Crippen LogP contribution in [0.5, 0.6) is 11.5 Å². The molecule has 7 heteroatoms. The molecule has 0 saturated carbocycles. The molecular weight excluding hydrogens is 262 g/mol. The SMILES string of the molecule is COCc1c(CO)nnn1-c1cc(OC)ccc1OC. The summed E-state index contributed by atoms with van der Waals surface area (Å²) in [7, 11) is 4.73. The zero-order chi connectivity index (χ0) is 14.5. The van der Waals surface area contributed by atoms with E-state index >= 15 is 0 Å². The summed E-state index contributed by atoms with van der Waals surface area (Å²) in [6, 6.07) is 5.36. The van der Waals surface area contributed by atoms with Gasteiger partial charge in [0, 0.05) is 13.2 Å². The van der Waals surface area contributed by atoms with Gasteiger partial charge in [0.2, 0.25) is 0 Å². The summed E-state index contributed by atoms with van der Waals surface area (Å²) >= 11 is 0. The largest absolute Gasteiger partial charge is 0.497 e. The fraction of sp³-hybridized carbons (Fsp3) is 0.385. The van der Waals surface area contributed by atoms with Crippen LogP contribution in [0.2, 0.25) is 0 Å². The van der Waals surface area contributed by atoms with Crippen molar-refractivity contribution in [2.45, 2.75) is 13.2 Å². The van der Waals surface area contributed by atoms with E-state index in [0.29, 0.717) is 28.6 Å². The molecule has 0 fully saturated rings. The maximum Gasteiger partial charge on any atom is 0.144 e. The van der Waals surface area contributed by atoms with Crippen LogP contribution in [0, 0.1) is 0 Å². The molecule has 2 rings (SSSR count). The first-order valence-electron chi connectivity index (χ1n) is 6.00. The number of benzene rings is 1. The molecule has 0 aliphatic rings. The first-order valence-corrected chi connectivity index (χ1v) is 6.00. The summed E-state index contributed by atoms with van der Waals surface area (Å²) in [6.07, 6.45) is 0. The standard InChI is InChI=1S/C13H17N3O4/c1-18-8-12-10(7-17)14-15-16(12)11-6-9(19-2)4-5-13(11)20-3/h4-6,17H,7-8H2,1-3H3. The highest BCUT2D eigenvalue weighted by Crippen LogP contribution is 2.28. The molecule has 0 saturated heterocycles. The lowest BCUT2D eigenvalue weighted by Gasteiger charge is -2.12. The molecule has 1 heterocycles. The topological polar surface area (TPSA) is 78.6 Å². The number of nitrogens with zero attached hydrogens (tertiary/aromatic N) is 3. The summed E-state index contributed by atoms with van der Waals surface area (Å²) in [4.78, 5) is 0. The highest BCUT2D eigenvalue weighted by atomic mass is 16.5. The van der Waals surface area contributed by atoms with Crippen LogP contribution in [0.25, 0.3) is 5.69 Å². The molecule has 0 amide bonds. The van der Waals surface area contributed by atoms with Crippen molar-refractivity contribution < 1.29 is 19.3 Å². The highest BCUT2D eigenvalue weighted by molar-refractivity contribution is 5.51. The van der Waals surface area contributed by atoms with Gasteiger partial charge >= 0.3 is 0 Å². The Morgan fingerprint density at radius 1 is 1.20 bits per heavy atom. The molecule has 1 N–H and O–H groups in total. The summed E-state index contributed by atoms with van der Waals surface area (Å²) in [5.41, 5.74) is 1.81. The van der Waals surface area contributed by atoms with Gasteiger partial charge in [-0.3, -0.25) is 0 Å². The van der Waals surface area contributed by atoms with Gasteiger partial charge in [0.15, 0.2) is 0 Å². The fourth-order valence-corrected chi connectivity index (χ4v) is 1.89. The number of ether oxygens (including phenoxy) is 3. The van der Waals surface area contributed by atoms with Crippen LogP contribution in [0.1, 0.15) is 11.4 Å². The van der Waals surface area contributed by atoms with Crippen LogP contribution in [-0.4, -0.2) is 41.4 Å². The third-order valence-electron chi connectivity index (χ3n) is 2.89. The van der Waals surface area contributed by atoms with Crippen molar-refractivity contribution >= 4 is 0 Å². The van der Waals surface area contributed by atoms with Gasteiger partial charge in [0.05, 0.1) is 33.1 Å². The third kappa shape index (κ3) is 2.59. The number of rotatable bonds is 6. The normalized spacial score (nSPS) is 10.6. The molecule has 2 aromatic rings. The predicted molar refractivity (Wildman–Crippen MR) is 71.1 cm³/mol. The number of hydrogen-bond donors (Lipinski definition) is 1. The van der Waals surface area contributed by atoms with Crippen LogP contribution >= 0.6 is 0 Å². The van der Waals surface area contributed by atoms with Crippen LogP contribution in [0.15, 0.2) is 18.2 Å². The van der Waals surface area contributed by atoms with E-state index < -0.39 is 0 Å². The van der Waals surface area contributed by atoms with Crippen LogP contribution in [-0.2, 0) is 18.0 Å². The number of methoxy groups -OCH3 is 3. The van der Waals surface area contributed by atoms with Gasteiger partial charge in [0.1, 0.15) is 22.9 Å². The minimum absolute atomic E-state index is 0.203. The molecular formula is C13H17N3O4. The molecule has 1 aromatic heterocycles. The third-order valence-corrected chi connectivity index (χ3v) is 2.89. The second kappa shape index (κ2) is 6.36. The van der Waals surface area contributed by atoms with E-state index in [-0.39, 0.29) is 13.2 Å². The van der Waals surface area contributed by atoms with E-state index in [1.54, 1.807) is 44.2 Å². The van der Waals surface area contributed by atoms with Crippen molar-refractivity contribution in [3.05, 3.63) is 29.6 Å². The minimum Gasteiger partial charge on any atom is -0.497 e. The fourth-order valence-electron chi connectivity index (χ4n) is 1.89. The first kappa shape index (κ1) is 14.3. The Kier molecular flexibility index (Phi) is 4.54. The van der Waals surface area contributed by atoms with E-state index in [4.69, 9.17) is 14.2 Å². The number of aromatic nitrogens is 3. The molecule has 0 bridgehead atoms. The van der Waals surface area contributed by atoms with Crippen LogP contribution < -0.4 is 9.47 Å². The Hall–Kier alpha value is -2.12. The van der Waals surface area contributed by atoms with Crippen molar-refractivity contribution in [1.29, 1.82) is 0 Å². The van der Waals surface area contributed by atoms with Crippen molar-refractivity contribution in [1.82, 2.24) is 15.0 Å². The average molecular weight is 279 g/mol. The second-order valence-corrected chi connectivity index (χ2v) is 4.02. The second-order valence-electron chi connectivity index (χ2n) is 4.02. The summed E-state index contributed by atoms with van der Waals surface area (Å²) in [6.45, 7) is 0.0776. The molecule has 0 spiro atoms. The molecule has 7 nitrogen and oxygen atoms in total. The molecule has 0 unspecified atom stereocenters. The van der Waals surface area contributed by atoms with Crippen molar-refractivity contribution in [2.75, 3.05) is 21.3 Å². The maximum absolute atomic E-state index is 9.31. The summed E-state index contributed by atoms with van der Waals surface area (Å²) in [5.74, 6) is 1.29. The molecule has 0 radical (unpaired) electrons. The van der Waals surface area contributed by atoms with Crippen molar-refractivity contribution in [3.8, 4) is 17.2 Å². The molecule has 1 aromatic carbocycles. The average Bonchev–Trinajstić information content (AvgIpc) is 2.89. The highest BCUT2D eigenvalue weighted by Gasteiger charge is 2.17. The molecule has 108 valence electrons. The lowest BCUT2D eigenvalue weighted by molar-refractivity contribution is 0.175. The molecule has 0 aliphatic carbocycles. The van der Waals surface area contributed by atoms with E-state index in [0.717, 1.165) is 0 Å². The van der Waals surface area contributed by atoms with Crippen molar-refractivity contribution in [2.24, 2.45) is 0 Å². The smallest absolute Gasteiger partial charge is 0.144 e. The Morgan fingerprint density at radius 3 is 2.60 bits per heavy atom. The Labute approximate surface area is 116 Å². The van der Waals surface area contributed by atoms with Gasteiger partial charge in [-0.05, 0) is 12.1 Å². The number of aliphatic hydroxyl groups excluding tert-OH is 1. The van der Waals surface area contributed by atoms with Gasteiger partial charge in [-0.15, -0.1) is 5.10 Å². The zero-order valence-electron chi connectivity index (χ0n) is 11.7. The first-order chi connectivity index (χ1) is 9.74. The van der Waals surface area contributed by atoms with Crippen molar-refractivity contribution in [3.63, 3.8) is 0 Å². The van der Waals surface area contributed by atoms with Gasteiger partial charge in [-0.25, -0.2) is 4.68 Å². The Morgan fingerprint density at radius 2 is 2.00 bits per heavy atom. The Bertz CT molecular complexity index is 583. The van der Waals surface area contributed by atoms with Gasteiger partial charge in [-0.1, -0.05) is 5.21 Å². The van der Waals surface area contributed by atoms with E-state index in [1.807, 2.05) is 0 Å². The predicted octanol–water partition coefficient (Wildman–Crippen LogP) is 0.923. The lowest BCUT2D eigenvalue weighted by atomic mass is 10.2. The Balaban J connectivity index is 2.57. The molecule has 0 atom stereocenters. The van der Waals surface area contributed by atoms with Crippen LogP contribution in [0.3, 0.4) is 0 Å². The quantitative estimate of drug-likeness (QED) is 0.847. The van der Waals surface area contributed by atoms with Gasteiger partial charge in [-0.2, -0.15) is 0 Å². The summed E-state index contributed by atoms with van der Waals surface area (Å²) in [5, 5.41) is 17.3. The molecule has 0 aliphatic heterocycles. The lowest BCUT2D eigenvalue weighted by Crippen LogP contribution is -2.07.